The van der Waals surface area contributed by atoms with Gasteiger partial charge in [0.05, 0.1) is 10.5 Å². The zero-order valence-electron chi connectivity index (χ0n) is 11.5. The van der Waals surface area contributed by atoms with Crippen LogP contribution in [0.2, 0.25) is 0 Å². The van der Waals surface area contributed by atoms with Crippen LogP contribution in [-0.4, -0.2) is 27.9 Å². The molecule has 1 amide bonds. The second-order valence-electron chi connectivity index (χ2n) is 4.68. The lowest BCUT2D eigenvalue weighted by molar-refractivity contribution is -0.384. The Kier molecular flexibility index (Phi) is 5.65. The maximum absolute atomic E-state index is 11.4. The van der Waals surface area contributed by atoms with Crippen molar-refractivity contribution < 1.29 is 19.6 Å². The Morgan fingerprint density at radius 3 is 2.67 bits per heavy atom. The van der Waals surface area contributed by atoms with Crippen molar-refractivity contribution in [2.45, 2.75) is 32.2 Å². The number of nitro benzene ring substituents is 1. The predicted molar refractivity (Wildman–Crippen MR) is 76.2 cm³/mol. The smallest absolute Gasteiger partial charge is 0.303 e. The van der Waals surface area contributed by atoms with Crippen molar-refractivity contribution in [3.05, 3.63) is 33.9 Å². The molecule has 8 nitrogen and oxygen atoms in total. The summed E-state index contributed by atoms with van der Waals surface area (Å²) in [7, 11) is 0. The minimum Gasteiger partial charge on any atom is -0.481 e. The Balaban J connectivity index is 2.80. The van der Waals surface area contributed by atoms with Gasteiger partial charge in [0.25, 0.3) is 11.6 Å². The molecule has 8 heteroatoms. The number of amides is 1. The van der Waals surface area contributed by atoms with E-state index in [0.717, 1.165) is 6.07 Å². The molecule has 0 spiro atoms. The summed E-state index contributed by atoms with van der Waals surface area (Å²) in [5.74, 6) is -1.63. The van der Waals surface area contributed by atoms with E-state index in [9.17, 15) is 19.7 Å². The minimum atomic E-state index is -0.865. The summed E-state index contributed by atoms with van der Waals surface area (Å²) in [6.07, 6.45) is 1.14. The fraction of sp³-hybridized carbons (Fsp3) is 0.385. The molecular weight excluding hydrogens is 278 g/mol. The van der Waals surface area contributed by atoms with Gasteiger partial charge < -0.3 is 16.2 Å². The number of aliphatic carboxylic acids is 1. The van der Waals surface area contributed by atoms with Gasteiger partial charge in [-0.3, -0.25) is 19.7 Å². The van der Waals surface area contributed by atoms with Crippen molar-refractivity contribution in [1.82, 2.24) is 0 Å². The largest absolute Gasteiger partial charge is 0.481 e. The number of hydrogen-bond donors (Lipinski definition) is 3. The molecule has 1 aromatic carbocycles. The number of nitrogens with one attached hydrogen (secondary N) is 1. The second-order valence-corrected chi connectivity index (χ2v) is 4.68. The molecule has 0 fully saturated rings. The molecule has 0 aromatic heterocycles. The van der Waals surface area contributed by atoms with Gasteiger partial charge in [0.15, 0.2) is 0 Å². The van der Waals surface area contributed by atoms with E-state index in [0.29, 0.717) is 18.5 Å². The quantitative estimate of drug-likeness (QED) is 0.493. The summed E-state index contributed by atoms with van der Waals surface area (Å²) in [4.78, 5) is 31.9. The van der Waals surface area contributed by atoms with Gasteiger partial charge in [0, 0.05) is 30.3 Å². The highest BCUT2D eigenvalue weighted by atomic mass is 16.6. The SMILES string of the molecule is CC(CCCC(=O)O)Nc1ccc([N+](=O)[O-])cc1C(N)=O. The molecule has 114 valence electrons. The molecule has 1 atom stereocenters. The first kappa shape index (κ1) is 16.4. The highest BCUT2D eigenvalue weighted by Crippen LogP contribution is 2.23. The van der Waals surface area contributed by atoms with Gasteiger partial charge in [0.1, 0.15) is 0 Å². The third kappa shape index (κ3) is 5.09. The van der Waals surface area contributed by atoms with Crippen molar-refractivity contribution in [3.8, 4) is 0 Å². The van der Waals surface area contributed by atoms with Crippen LogP contribution in [-0.2, 0) is 4.79 Å². The molecule has 0 aliphatic heterocycles. The molecule has 0 radical (unpaired) electrons. The lowest BCUT2D eigenvalue weighted by Crippen LogP contribution is -2.20. The fourth-order valence-corrected chi connectivity index (χ4v) is 1.87. The standard InChI is InChI=1S/C13H17N3O5/c1-8(3-2-4-12(17)18)15-11-6-5-9(16(20)21)7-10(11)13(14)19/h5-8,15H,2-4H2,1H3,(H2,14,19)(H,17,18). The molecule has 0 heterocycles. The molecule has 0 aliphatic rings. The zero-order valence-corrected chi connectivity index (χ0v) is 11.5. The summed E-state index contributed by atoms with van der Waals surface area (Å²) in [5, 5.41) is 22.3. The summed E-state index contributed by atoms with van der Waals surface area (Å²) in [6, 6.07) is 3.73. The van der Waals surface area contributed by atoms with Crippen LogP contribution in [0, 0.1) is 10.1 Å². The first-order valence-corrected chi connectivity index (χ1v) is 6.38. The van der Waals surface area contributed by atoms with E-state index in [1.165, 1.54) is 12.1 Å². The maximum Gasteiger partial charge on any atom is 0.303 e. The molecule has 1 aromatic rings. The number of nitrogens with two attached hydrogens (primary N) is 1. The van der Waals surface area contributed by atoms with Crippen LogP contribution >= 0.6 is 0 Å². The molecular formula is C13H17N3O5. The van der Waals surface area contributed by atoms with E-state index < -0.39 is 16.8 Å². The van der Waals surface area contributed by atoms with Crippen molar-refractivity contribution in [3.63, 3.8) is 0 Å². The number of hydrogen-bond acceptors (Lipinski definition) is 5. The number of nitrogens with zero attached hydrogens (tertiary/aromatic N) is 1. The number of benzene rings is 1. The van der Waals surface area contributed by atoms with Gasteiger partial charge in [-0.1, -0.05) is 0 Å². The van der Waals surface area contributed by atoms with E-state index in [2.05, 4.69) is 5.32 Å². The molecule has 1 rings (SSSR count). The van der Waals surface area contributed by atoms with E-state index >= 15 is 0 Å². The molecule has 0 aliphatic carbocycles. The van der Waals surface area contributed by atoms with Gasteiger partial charge in [-0.25, -0.2) is 0 Å². The maximum atomic E-state index is 11.4. The molecule has 21 heavy (non-hydrogen) atoms. The van der Waals surface area contributed by atoms with E-state index in [1.54, 1.807) is 0 Å². The van der Waals surface area contributed by atoms with Gasteiger partial charge in [-0.05, 0) is 25.8 Å². The number of primary amides is 1. The first-order chi connectivity index (χ1) is 9.81. The van der Waals surface area contributed by atoms with Crippen LogP contribution in [0.5, 0.6) is 0 Å². The van der Waals surface area contributed by atoms with E-state index in [4.69, 9.17) is 10.8 Å². The summed E-state index contributed by atoms with van der Waals surface area (Å²) < 4.78 is 0. The number of carboxylic acid groups (broad SMARTS) is 1. The Labute approximate surface area is 121 Å². The molecule has 0 saturated carbocycles. The van der Waals surface area contributed by atoms with Crippen LogP contribution in [0.15, 0.2) is 18.2 Å². The molecule has 0 saturated heterocycles. The van der Waals surface area contributed by atoms with Crippen LogP contribution in [0.25, 0.3) is 0 Å². The summed E-state index contributed by atoms with van der Waals surface area (Å²) >= 11 is 0. The lowest BCUT2D eigenvalue weighted by atomic mass is 10.1. The Morgan fingerprint density at radius 1 is 1.48 bits per heavy atom. The first-order valence-electron chi connectivity index (χ1n) is 6.38. The highest BCUT2D eigenvalue weighted by molar-refractivity contribution is 5.99. The zero-order chi connectivity index (χ0) is 16.0. The summed E-state index contributed by atoms with van der Waals surface area (Å²) in [6.45, 7) is 1.83. The highest BCUT2D eigenvalue weighted by Gasteiger charge is 2.16. The van der Waals surface area contributed by atoms with Gasteiger partial charge in [0.2, 0.25) is 0 Å². The lowest BCUT2D eigenvalue weighted by Gasteiger charge is -2.16. The number of anilines is 1. The van der Waals surface area contributed by atoms with Gasteiger partial charge in [-0.2, -0.15) is 0 Å². The Bertz CT molecular complexity index is 559. The number of carbonyl (C=O) groups excluding carboxylic acids is 1. The summed E-state index contributed by atoms with van der Waals surface area (Å²) in [5.41, 5.74) is 5.44. The third-order valence-corrected chi connectivity index (χ3v) is 2.91. The van der Waals surface area contributed by atoms with Crippen molar-refractivity contribution in [1.29, 1.82) is 0 Å². The van der Waals surface area contributed by atoms with Crippen molar-refractivity contribution in [2.75, 3.05) is 5.32 Å². The molecule has 4 N–H and O–H groups in total. The average Bonchev–Trinajstić information content (AvgIpc) is 2.38. The van der Waals surface area contributed by atoms with Crippen LogP contribution in [0.3, 0.4) is 0 Å². The number of carbonyl (C=O) groups is 2. The second kappa shape index (κ2) is 7.22. The van der Waals surface area contributed by atoms with E-state index in [-0.39, 0.29) is 23.7 Å². The minimum absolute atomic E-state index is 0.0364. The van der Waals surface area contributed by atoms with Crippen LogP contribution in [0.4, 0.5) is 11.4 Å². The fourth-order valence-electron chi connectivity index (χ4n) is 1.87. The van der Waals surface area contributed by atoms with Crippen molar-refractivity contribution in [2.24, 2.45) is 5.73 Å². The normalized spacial score (nSPS) is 11.7. The number of nitro groups is 1. The van der Waals surface area contributed by atoms with Crippen LogP contribution < -0.4 is 11.1 Å². The number of rotatable bonds is 8. The molecule has 1 unspecified atom stereocenters. The monoisotopic (exact) mass is 295 g/mol. The van der Waals surface area contributed by atoms with Crippen LogP contribution in [0.1, 0.15) is 36.5 Å². The van der Waals surface area contributed by atoms with Crippen molar-refractivity contribution >= 4 is 23.3 Å². The van der Waals surface area contributed by atoms with Gasteiger partial charge >= 0.3 is 5.97 Å². The number of carboxylic acids is 1. The van der Waals surface area contributed by atoms with Gasteiger partial charge in [-0.15, -0.1) is 0 Å². The average molecular weight is 295 g/mol. The molecule has 0 bridgehead atoms. The Morgan fingerprint density at radius 2 is 2.14 bits per heavy atom. The topological polar surface area (TPSA) is 136 Å². The number of non-ortho nitro benzene ring substituents is 1. The Hall–Kier alpha value is -2.64. The predicted octanol–water partition coefficient (Wildman–Crippen LogP) is 1.75. The third-order valence-electron chi connectivity index (χ3n) is 2.91. The van der Waals surface area contributed by atoms with E-state index in [1.807, 2.05) is 6.92 Å².